The van der Waals surface area contributed by atoms with Crippen molar-refractivity contribution in [2.45, 2.75) is 277 Å². The summed E-state index contributed by atoms with van der Waals surface area (Å²) in [7, 11) is -3.20. The van der Waals surface area contributed by atoms with Gasteiger partial charge >= 0.3 is 19.8 Å². The maximum absolute atomic E-state index is 12.5. The highest BCUT2D eigenvalue weighted by Gasteiger charge is 2.24. The predicted molar refractivity (Wildman–Crippen MR) is 249 cm³/mol. The minimum atomic E-state index is -4.26. The molecule has 0 aromatic carbocycles. The lowest BCUT2D eigenvalue weighted by Crippen LogP contribution is -2.29. The lowest BCUT2D eigenvalue weighted by Gasteiger charge is -2.19. The number of phosphoric ester groups is 1. The summed E-state index contributed by atoms with van der Waals surface area (Å²) in [5, 5.41) is 0. The molecule has 2 atom stereocenters. The Bertz CT molecular complexity index is 973. The molecular weight excluding hydrogens is 760 g/mol. The van der Waals surface area contributed by atoms with E-state index >= 15 is 0 Å². The molecule has 0 aliphatic heterocycles. The van der Waals surface area contributed by atoms with Gasteiger partial charge in [0.2, 0.25) is 0 Å². The van der Waals surface area contributed by atoms with Crippen LogP contribution >= 0.6 is 7.82 Å². The maximum atomic E-state index is 12.5. The molecule has 0 aliphatic rings. The third-order valence-electron chi connectivity index (χ3n) is 11.5. The van der Waals surface area contributed by atoms with Gasteiger partial charge in [0.15, 0.2) is 6.10 Å². The van der Waals surface area contributed by atoms with Crippen LogP contribution in [-0.4, -0.2) is 43.3 Å². The van der Waals surface area contributed by atoms with Gasteiger partial charge in [0.05, 0.1) is 6.61 Å². The number of carbonyl (C=O) groups is 2. The number of hydrogen-bond donors (Lipinski definition) is 1. The van der Waals surface area contributed by atoms with E-state index in [9.17, 15) is 19.0 Å². The third kappa shape index (κ3) is 46.1. The van der Waals surface area contributed by atoms with Crippen LogP contribution in [0, 0.1) is 0 Å². The molecule has 350 valence electrons. The number of hydrogen-bond acceptors (Lipinski definition) is 7. The van der Waals surface area contributed by atoms with Crippen LogP contribution in [0.25, 0.3) is 0 Å². The van der Waals surface area contributed by atoms with Crippen LogP contribution in [0.2, 0.25) is 0 Å². The van der Waals surface area contributed by atoms with E-state index in [0.29, 0.717) is 12.8 Å². The highest BCUT2D eigenvalue weighted by atomic mass is 31.2. The van der Waals surface area contributed by atoms with Crippen LogP contribution < -0.4 is 0 Å². The Hall–Kier alpha value is -1.21. The van der Waals surface area contributed by atoms with Crippen molar-refractivity contribution in [3.8, 4) is 0 Å². The van der Waals surface area contributed by atoms with Crippen LogP contribution in [-0.2, 0) is 32.7 Å². The number of phosphoric acid groups is 1. The van der Waals surface area contributed by atoms with Gasteiger partial charge in [0, 0.05) is 20.0 Å². The van der Waals surface area contributed by atoms with E-state index in [1.54, 1.807) is 0 Å². The Morgan fingerprint density at radius 3 is 1.10 bits per heavy atom. The summed E-state index contributed by atoms with van der Waals surface area (Å²) >= 11 is 0. The molecule has 0 saturated carbocycles. The monoisotopic (exact) mass is 857 g/mol. The normalized spacial score (nSPS) is 13.2. The fourth-order valence-corrected chi connectivity index (χ4v) is 8.06. The summed E-state index contributed by atoms with van der Waals surface area (Å²) < 4.78 is 32.1. The second-order valence-electron chi connectivity index (χ2n) is 17.3. The second kappa shape index (κ2) is 46.3. The minimum absolute atomic E-state index is 0.222. The summed E-state index contributed by atoms with van der Waals surface area (Å²) in [6.45, 7) is 3.93. The quantitative estimate of drug-likeness (QED) is 0.0279. The number of carbonyl (C=O) groups excluding carboxylic acids is 2. The van der Waals surface area contributed by atoms with Gasteiger partial charge in [-0.2, -0.15) is 0 Å². The zero-order valence-electron chi connectivity index (χ0n) is 39.2. The van der Waals surface area contributed by atoms with Gasteiger partial charge in [-0.25, -0.2) is 4.57 Å². The van der Waals surface area contributed by atoms with Crippen LogP contribution in [0.5, 0.6) is 0 Å². The van der Waals surface area contributed by atoms with E-state index in [4.69, 9.17) is 14.0 Å². The zero-order chi connectivity index (χ0) is 43.2. The Balaban J connectivity index is 3.83. The maximum Gasteiger partial charge on any atom is 0.472 e. The smallest absolute Gasteiger partial charge is 0.462 e. The van der Waals surface area contributed by atoms with Gasteiger partial charge in [0.25, 0.3) is 0 Å². The van der Waals surface area contributed by atoms with Crippen molar-refractivity contribution >= 4 is 19.8 Å². The number of ether oxygens (including phenoxy) is 2. The van der Waals surface area contributed by atoms with Gasteiger partial charge in [-0.1, -0.05) is 231 Å². The molecule has 1 N–H and O–H groups in total. The fraction of sp³-hybridized carbons (Fsp3) is 0.920. The zero-order valence-corrected chi connectivity index (χ0v) is 40.1. The molecule has 0 radical (unpaired) electrons. The average Bonchev–Trinajstić information content (AvgIpc) is 3.23. The number of unbranched alkanes of at least 4 members (excludes halogenated alkanes) is 35. The number of rotatable bonds is 48. The Morgan fingerprint density at radius 2 is 0.763 bits per heavy atom. The largest absolute Gasteiger partial charge is 0.472 e. The van der Waals surface area contributed by atoms with E-state index in [-0.39, 0.29) is 19.0 Å². The first-order chi connectivity index (χ1) is 28.8. The van der Waals surface area contributed by atoms with Crippen molar-refractivity contribution in [1.29, 1.82) is 0 Å². The summed E-state index contributed by atoms with van der Waals surface area (Å²) in [5.74, 6) is -0.797. The molecule has 8 nitrogen and oxygen atoms in total. The first-order valence-corrected chi connectivity index (χ1v) is 26.9. The first kappa shape index (κ1) is 57.8. The summed E-state index contributed by atoms with van der Waals surface area (Å²) in [6, 6.07) is 0. The highest BCUT2D eigenvalue weighted by Crippen LogP contribution is 2.42. The van der Waals surface area contributed by atoms with E-state index in [2.05, 4.69) is 30.5 Å². The third-order valence-corrected chi connectivity index (χ3v) is 12.4. The summed E-state index contributed by atoms with van der Waals surface area (Å²) in [4.78, 5) is 34.6. The Morgan fingerprint density at radius 1 is 0.458 bits per heavy atom. The minimum Gasteiger partial charge on any atom is -0.462 e. The molecule has 0 rings (SSSR count). The van der Waals surface area contributed by atoms with Crippen LogP contribution in [0.1, 0.15) is 271 Å². The number of esters is 2. The van der Waals surface area contributed by atoms with Gasteiger partial charge in [-0.05, 0) is 38.5 Å². The Labute approximate surface area is 365 Å². The molecule has 0 heterocycles. The SMILES string of the molecule is CCCCCCCCC/C=C\CCCCCCCC(=O)OC(COC(=O)CCCCCCCCCCCCCCCCCCCCCCCCCC)COP(=O)(O)OC. The van der Waals surface area contributed by atoms with Gasteiger partial charge in [-0.3, -0.25) is 18.6 Å². The molecule has 0 saturated heterocycles. The van der Waals surface area contributed by atoms with Crippen LogP contribution in [0.15, 0.2) is 12.2 Å². The summed E-state index contributed by atoms with van der Waals surface area (Å²) in [6.07, 6.45) is 52.8. The molecule has 0 fully saturated rings. The standard InChI is InChI=1S/C50H97O8P/c1-4-6-8-10-12-14-16-18-20-22-23-24-25-26-27-28-29-31-32-34-36-38-40-42-44-49(51)56-46-48(47-57-59(53,54)55-3)58-50(52)45-43-41-39-37-35-33-30-21-19-17-15-13-11-9-7-5-2/h21,30,48H,4-20,22-29,31-47H2,1-3H3,(H,53,54)/b30-21-. The fourth-order valence-electron chi connectivity index (χ4n) is 7.60. The molecule has 0 aliphatic carbocycles. The number of allylic oxidation sites excluding steroid dienone is 2. The van der Waals surface area contributed by atoms with Gasteiger partial charge < -0.3 is 14.4 Å². The second-order valence-corrected chi connectivity index (χ2v) is 18.9. The van der Waals surface area contributed by atoms with E-state index in [0.717, 1.165) is 58.5 Å². The summed E-state index contributed by atoms with van der Waals surface area (Å²) in [5.41, 5.74) is 0. The Kier molecular flexibility index (Phi) is 45.3. The van der Waals surface area contributed by atoms with Crippen molar-refractivity contribution in [3.05, 3.63) is 12.2 Å². The molecule has 0 aromatic rings. The predicted octanol–water partition coefficient (Wildman–Crippen LogP) is 16.4. The van der Waals surface area contributed by atoms with Crippen molar-refractivity contribution < 1.29 is 37.6 Å². The van der Waals surface area contributed by atoms with Crippen molar-refractivity contribution in [3.63, 3.8) is 0 Å². The first-order valence-electron chi connectivity index (χ1n) is 25.4. The van der Waals surface area contributed by atoms with E-state index < -0.39 is 26.5 Å². The lowest BCUT2D eigenvalue weighted by atomic mass is 10.0. The van der Waals surface area contributed by atoms with Crippen molar-refractivity contribution in [1.82, 2.24) is 0 Å². The average molecular weight is 857 g/mol. The lowest BCUT2D eigenvalue weighted by molar-refractivity contribution is -0.161. The van der Waals surface area contributed by atoms with Crippen LogP contribution in [0.4, 0.5) is 0 Å². The highest BCUT2D eigenvalue weighted by molar-refractivity contribution is 7.47. The molecule has 0 amide bonds. The topological polar surface area (TPSA) is 108 Å². The molecule has 59 heavy (non-hydrogen) atoms. The van der Waals surface area contributed by atoms with E-state index in [1.165, 1.54) is 186 Å². The van der Waals surface area contributed by atoms with Crippen molar-refractivity contribution in [2.24, 2.45) is 0 Å². The molecular formula is C50H97O8P. The van der Waals surface area contributed by atoms with Gasteiger partial charge in [-0.15, -0.1) is 0 Å². The molecule has 9 heteroatoms. The van der Waals surface area contributed by atoms with Crippen molar-refractivity contribution in [2.75, 3.05) is 20.3 Å². The molecule has 0 spiro atoms. The van der Waals surface area contributed by atoms with E-state index in [1.807, 2.05) is 0 Å². The molecule has 0 aromatic heterocycles. The van der Waals surface area contributed by atoms with Crippen LogP contribution in [0.3, 0.4) is 0 Å². The van der Waals surface area contributed by atoms with Gasteiger partial charge in [0.1, 0.15) is 6.61 Å². The molecule has 0 bridgehead atoms. The molecule has 2 unspecified atom stereocenters.